The molecular weight excluding hydrogens is 234 g/mol. The predicted molar refractivity (Wildman–Crippen MR) is 81.5 cm³/mol. The molecule has 1 saturated carbocycles. The van der Waals surface area contributed by atoms with Crippen molar-refractivity contribution in [1.82, 2.24) is 5.32 Å². The molecule has 1 N–H and O–H groups in total. The molecule has 0 bridgehead atoms. The van der Waals surface area contributed by atoms with Crippen molar-refractivity contribution >= 4 is 0 Å². The summed E-state index contributed by atoms with van der Waals surface area (Å²) in [6.45, 7) is 10.2. The van der Waals surface area contributed by atoms with Gasteiger partial charge in [0.15, 0.2) is 0 Å². The Morgan fingerprint density at radius 2 is 1.89 bits per heavy atom. The highest BCUT2D eigenvalue weighted by Crippen LogP contribution is 2.44. The summed E-state index contributed by atoms with van der Waals surface area (Å²) in [5.74, 6) is 0.765. The molecule has 112 valence electrons. The molecule has 0 radical (unpaired) electrons. The normalized spacial score (nSPS) is 28.1. The summed E-state index contributed by atoms with van der Waals surface area (Å²) in [4.78, 5) is 0. The Morgan fingerprint density at radius 1 is 1.21 bits per heavy atom. The molecule has 2 heteroatoms. The molecule has 2 nitrogen and oxygen atoms in total. The SMILES string of the molecule is CCC(CNC(C)(C)C)CC1CCC2(CCCC2)O1. The Hall–Kier alpha value is -0.0800. The highest BCUT2D eigenvalue weighted by molar-refractivity contribution is 4.93. The van der Waals surface area contributed by atoms with Gasteiger partial charge in [0.2, 0.25) is 0 Å². The fourth-order valence-corrected chi connectivity index (χ4v) is 3.67. The third kappa shape index (κ3) is 4.46. The molecule has 1 aliphatic heterocycles. The van der Waals surface area contributed by atoms with Crippen LogP contribution in [0.4, 0.5) is 0 Å². The molecule has 0 aromatic rings. The van der Waals surface area contributed by atoms with Gasteiger partial charge in [-0.2, -0.15) is 0 Å². The molecule has 2 rings (SSSR count). The van der Waals surface area contributed by atoms with Crippen LogP contribution in [0, 0.1) is 5.92 Å². The number of hydrogen-bond donors (Lipinski definition) is 1. The van der Waals surface area contributed by atoms with Gasteiger partial charge in [-0.15, -0.1) is 0 Å². The van der Waals surface area contributed by atoms with Gasteiger partial charge in [0.25, 0.3) is 0 Å². The fourth-order valence-electron chi connectivity index (χ4n) is 3.67. The summed E-state index contributed by atoms with van der Waals surface area (Å²) in [5.41, 5.74) is 0.539. The van der Waals surface area contributed by atoms with E-state index >= 15 is 0 Å². The zero-order chi connectivity index (χ0) is 13.9. The molecule has 19 heavy (non-hydrogen) atoms. The van der Waals surface area contributed by atoms with Gasteiger partial charge in [-0.25, -0.2) is 0 Å². The minimum atomic E-state index is 0.233. The van der Waals surface area contributed by atoms with Crippen LogP contribution in [0.2, 0.25) is 0 Å². The van der Waals surface area contributed by atoms with Crippen LogP contribution in [-0.2, 0) is 4.74 Å². The number of rotatable bonds is 5. The monoisotopic (exact) mass is 267 g/mol. The van der Waals surface area contributed by atoms with E-state index in [1.54, 1.807) is 0 Å². The van der Waals surface area contributed by atoms with Gasteiger partial charge in [-0.3, -0.25) is 0 Å². The lowest BCUT2D eigenvalue weighted by Gasteiger charge is -2.28. The average molecular weight is 267 g/mol. The van der Waals surface area contributed by atoms with Crippen LogP contribution >= 0.6 is 0 Å². The molecule has 2 unspecified atom stereocenters. The van der Waals surface area contributed by atoms with Crippen molar-refractivity contribution in [2.75, 3.05) is 6.54 Å². The summed E-state index contributed by atoms with van der Waals surface area (Å²) >= 11 is 0. The topological polar surface area (TPSA) is 21.3 Å². The zero-order valence-electron chi connectivity index (χ0n) is 13.4. The van der Waals surface area contributed by atoms with Gasteiger partial charge in [-0.05, 0) is 65.3 Å². The molecule has 1 aliphatic carbocycles. The van der Waals surface area contributed by atoms with Crippen molar-refractivity contribution in [3.05, 3.63) is 0 Å². The van der Waals surface area contributed by atoms with Gasteiger partial charge in [0.1, 0.15) is 0 Å². The predicted octanol–water partition coefficient (Wildman–Crippen LogP) is 4.28. The molecule has 2 fully saturated rings. The first kappa shape index (κ1) is 15.3. The lowest BCUT2D eigenvalue weighted by atomic mass is 9.94. The first-order valence-electron chi connectivity index (χ1n) is 8.35. The van der Waals surface area contributed by atoms with E-state index in [-0.39, 0.29) is 5.54 Å². The van der Waals surface area contributed by atoms with Crippen LogP contribution in [-0.4, -0.2) is 23.8 Å². The quantitative estimate of drug-likeness (QED) is 0.802. The van der Waals surface area contributed by atoms with Gasteiger partial charge in [0, 0.05) is 5.54 Å². The third-order valence-electron chi connectivity index (χ3n) is 4.95. The van der Waals surface area contributed by atoms with Crippen LogP contribution in [0.3, 0.4) is 0 Å². The molecule has 0 aromatic carbocycles. The van der Waals surface area contributed by atoms with Crippen LogP contribution in [0.5, 0.6) is 0 Å². The standard InChI is InChI=1S/C17H33NO/c1-5-14(13-18-16(2,3)4)12-15-8-11-17(19-15)9-6-7-10-17/h14-15,18H,5-13H2,1-4H3. The van der Waals surface area contributed by atoms with Crippen molar-refractivity contribution in [1.29, 1.82) is 0 Å². The summed E-state index contributed by atoms with van der Waals surface area (Å²) in [6, 6.07) is 0. The number of nitrogens with one attached hydrogen (secondary N) is 1. The second kappa shape index (κ2) is 6.13. The van der Waals surface area contributed by atoms with E-state index in [9.17, 15) is 0 Å². The number of hydrogen-bond acceptors (Lipinski definition) is 2. The molecule has 0 amide bonds. The van der Waals surface area contributed by atoms with Crippen LogP contribution in [0.25, 0.3) is 0 Å². The zero-order valence-corrected chi connectivity index (χ0v) is 13.4. The Kier molecular flexibility index (Phi) is 4.94. The van der Waals surface area contributed by atoms with Crippen LogP contribution < -0.4 is 5.32 Å². The fraction of sp³-hybridized carbons (Fsp3) is 1.00. The lowest BCUT2D eigenvalue weighted by Crippen LogP contribution is -2.39. The van der Waals surface area contributed by atoms with E-state index < -0.39 is 0 Å². The van der Waals surface area contributed by atoms with E-state index in [1.165, 1.54) is 51.4 Å². The van der Waals surface area contributed by atoms with E-state index in [0.717, 1.165) is 12.5 Å². The highest BCUT2D eigenvalue weighted by Gasteiger charge is 2.42. The summed E-state index contributed by atoms with van der Waals surface area (Å²) in [5, 5.41) is 3.65. The van der Waals surface area contributed by atoms with Gasteiger partial charge in [0.05, 0.1) is 11.7 Å². The van der Waals surface area contributed by atoms with Crippen molar-refractivity contribution in [3.63, 3.8) is 0 Å². The summed E-state index contributed by atoms with van der Waals surface area (Å²) in [6.07, 6.45) is 11.1. The second-order valence-electron chi connectivity index (χ2n) is 7.81. The van der Waals surface area contributed by atoms with Crippen molar-refractivity contribution in [2.45, 2.75) is 96.3 Å². The smallest absolute Gasteiger partial charge is 0.0687 e. The lowest BCUT2D eigenvalue weighted by molar-refractivity contribution is -0.0445. The molecule has 2 atom stereocenters. The van der Waals surface area contributed by atoms with E-state index in [1.807, 2.05) is 0 Å². The van der Waals surface area contributed by atoms with Gasteiger partial charge < -0.3 is 10.1 Å². The van der Waals surface area contributed by atoms with E-state index in [4.69, 9.17) is 4.74 Å². The van der Waals surface area contributed by atoms with Crippen molar-refractivity contribution < 1.29 is 4.74 Å². The highest BCUT2D eigenvalue weighted by atomic mass is 16.5. The Bertz CT molecular complexity index is 275. The van der Waals surface area contributed by atoms with E-state index in [2.05, 4.69) is 33.0 Å². The maximum absolute atomic E-state index is 6.45. The minimum Gasteiger partial charge on any atom is -0.372 e. The molecular formula is C17H33NO. The van der Waals surface area contributed by atoms with Crippen molar-refractivity contribution in [3.8, 4) is 0 Å². The Morgan fingerprint density at radius 3 is 2.47 bits per heavy atom. The first-order valence-corrected chi connectivity index (χ1v) is 8.35. The van der Waals surface area contributed by atoms with E-state index in [0.29, 0.717) is 11.7 Å². The summed E-state index contributed by atoms with van der Waals surface area (Å²) in [7, 11) is 0. The van der Waals surface area contributed by atoms with Gasteiger partial charge >= 0.3 is 0 Å². The molecule has 1 saturated heterocycles. The molecule has 0 aromatic heterocycles. The molecule has 1 spiro atoms. The first-order chi connectivity index (χ1) is 8.92. The molecule has 2 aliphatic rings. The van der Waals surface area contributed by atoms with Crippen LogP contribution in [0.15, 0.2) is 0 Å². The Labute approximate surface area is 119 Å². The number of ether oxygens (including phenoxy) is 1. The van der Waals surface area contributed by atoms with Crippen molar-refractivity contribution in [2.24, 2.45) is 5.92 Å². The second-order valence-corrected chi connectivity index (χ2v) is 7.81. The maximum atomic E-state index is 6.45. The maximum Gasteiger partial charge on any atom is 0.0687 e. The largest absolute Gasteiger partial charge is 0.372 e. The van der Waals surface area contributed by atoms with Crippen LogP contribution in [0.1, 0.15) is 79.1 Å². The minimum absolute atomic E-state index is 0.233. The molecule has 1 heterocycles. The average Bonchev–Trinajstić information content (AvgIpc) is 2.95. The summed E-state index contributed by atoms with van der Waals surface area (Å²) < 4.78 is 6.45. The van der Waals surface area contributed by atoms with Gasteiger partial charge in [-0.1, -0.05) is 26.2 Å². The Balaban J connectivity index is 1.76. The third-order valence-corrected chi connectivity index (χ3v) is 4.95.